The fourth-order valence-corrected chi connectivity index (χ4v) is 3.83. The van der Waals surface area contributed by atoms with Crippen molar-refractivity contribution in [3.8, 4) is 0 Å². The van der Waals surface area contributed by atoms with Gasteiger partial charge in [0.15, 0.2) is 0 Å². The van der Waals surface area contributed by atoms with Crippen molar-refractivity contribution in [1.29, 1.82) is 0 Å². The van der Waals surface area contributed by atoms with Crippen LogP contribution >= 0.6 is 11.3 Å². The highest BCUT2D eigenvalue weighted by atomic mass is 32.1. The fraction of sp³-hybridized carbons (Fsp3) is 0.438. The van der Waals surface area contributed by atoms with Crippen molar-refractivity contribution >= 4 is 11.3 Å². The predicted octanol–water partition coefficient (Wildman–Crippen LogP) is 2.86. The maximum Gasteiger partial charge on any atom is 0.255 e. The van der Waals surface area contributed by atoms with E-state index in [0.717, 1.165) is 29.8 Å². The molecule has 1 atom stereocenters. The molecule has 0 saturated carbocycles. The molecule has 1 unspecified atom stereocenters. The fourth-order valence-electron chi connectivity index (χ4n) is 3.08. The Kier molecular flexibility index (Phi) is 3.76. The summed E-state index contributed by atoms with van der Waals surface area (Å²) < 4.78 is 1.93. The summed E-state index contributed by atoms with van der Waals surface area (Å²) in [5, 5.41) is 2.01. The van der Waals surface area contributed by atoms with E-state index in [0.29, 0.717) is 0 Å². The van der Waals surface area contributed by atoms with Crippen LogP contribution in [0.15, 0.2) is 28.4 Å². The smallest absolute Gasteiger partial charge is 0.255 e. The van der Waals surface area contributed by atoms with Gasteiger partial charge < -0.3 is 10.3 Å². The Bertz CT molecular complexity index is 658. The second-order valence-electron chi connectivity index (χ2n) is 5.32. The maximum atomic E-state index is 12.7. The summed E-state index contributed by atoms with van der Waals surface area (Å²) in [5.74, 6) is 0. The van der Waals surface area contributed by atoms with Gasteiger partial charge in [0.1, 0.15) is 0 Å². The van der Waals surface area contributed by atoms with Crippen molar-refractivity contribution in [1.82, 2.24) is 4.57 Å². The van der Waals surface area contributed by atoms with Gasteiger partial charge in [-0.05, 0) is 55.7 Å². The van der Waals surface area contributed by atoms with Gasteiger partial charge in [-0.2, -0.15) is 0 Å². The topological polar surface area (TPSA) is 48.0 Å². The Balaban J connectivity index is 2.14. The molecule has 2 aromatic heterocycles. The first-order valence-corrected chi connectivity index (χ1v) is 8.14. The second kappa shape index (κ2) is 5.54. The molecule has 1 aliphatic carbocycles. The van der Waals surface area contributed by atoms with Gasteiger partial charge in [-0.3, -0.25) is 4.79 Å². The van der Waals surface area contributed by atoms with Gasteiger partial charge in [0.05, 0.1) is 6.04 Å². The maximum absolute atomic E-state index is 12.7. The Labute approximate surface area is 123 Å². The number of thiophene rings is 1. The Morgan fingerprint density at radius 3 is 2.90 bits per heavy atom. The zero-order valence-electron chi connectivity index (χ0n) is 11.8. The van der Waals surface area contributed by atoms with E-state index in [1.165, 1.54) is 24.1 Å². The largest absolute Gasteiger partial charge is 0.319 e. The second-order valence-corrected chi connectivity index (χ2v) is 6.30. The Hall–Kier alpha value is -1.39. The van der Waals surface area contributed by atoms with Gasteiger partial charge in [0.2, 0.25) is 0 Å². The van der Waals surface area contributed by atoms with Crippen molar-refractivity contribution in [3.63, 3.8) is 0 Å². The van der Waals surface area contributed by atoms with E-state index in [1.807, 2.05) is 29.0 Å². The van der Waals surface area contributed by atoms with Crippen LogP contribution in [0.1, 0.15) is 47.5 Å². The molecule has 0 amide bonds. The summed E-state index contributed by atoms with van der Waals surface area (Å²) in [4.78, 5) is 13.8. The number of aryl methyl sites for hydroxylation is 1. The van der Waals surface area contributed by atoms with Crippen LogP contribution in [0.4, 0.5) is 0 Å². The molecule has 2 N–H and O–H groups in total. The van der Waals surface area contributed by atoms with Crippen molar-refractivity contribution in [2.45, 2.75) is 45.2 Å². The van der Waals surface area contributed by atoms with Crippen LogP contribution in [0, 0.1) is 0 Å². The minimum absolute atomic E-state index is 0.0917. The number of pyridine rings is 1. The summed E-state index contributed by atoms with van der Waals surface area (Å²) in [5.41, 5.74) is 9.70. The zero-order valence-corrected chi connectivity index (χ0v) is 12.6. The number of rotatable bonds is 3. The highest BCUT2D eigenvalue weighted by molar-refractivity contribution is 7.10. The first kappa shape index (κ1) is 13.6. The molecule has 3 nitrogen and oxygen atoms in total. The highest BCUT2D eigenvalue weighted by Crippen LogP contribution is 2.26. The van der Waals surface area contributed by atoms with Crippen LogP contribution in [0.3, 0.4) is 0 Å². The molecule has 0 saturated heterocycles. The lowest BCUT2D eigenvalue weighted by molar-refractivity contribution is 0.583. The van der Waals surface area contributed by atoms with Gasteiger partial charge in [-0.25, -0.2) is 0 Å². The molecule has 0 spiro atoms. The van der Waals surface area contributed by atoms with E-state index >= 15 is 0 Å². The summed E-state index contributed by atoms with van der Waals surface area (Å²) >= 11 is 1.61. The van der Waals surface area contributed by atoms with Crippen LogP contribution in [0.2, 0.25) is 0 Å². The molecular formula is C16H20N2OS. The predicted molar refractivity (Wildman–Crippen MR) is 83.4 cm³/mol. The van der Waals surface area contributed by atoms with Crippen LogP contribution in [-0.2, 0) is 19.4 Å². The quantitative estimate of drug-likeness (QED) is 0.944. The summed E-state index contributed by atoms with van der Waals surface area (Å²) in [7, 11) is 0. The molecule has 0 aliphatic heterocycles. The van der Waals surface area contributed by atoms with Gasteiger partial charge >= 0.3 is 0 Å². The molecule has 2 aromatic rings. The van der Waals surface area contributed by atoms with Gasteiger partial charge in [-0.15, -0.1) is 11.3 Å². The van der Waals surface area contributed by atoms with Crippen molar-refractivity contribution in [2.75, 3.05) is 0 Å². The number of nitrogens with zero attached hydrogens (tertiary/aromatic N) is 1. The molecule has 20 heavy (non-hydrogen) atoms. The van der Waals surface area contributed by atoms with Crippen LogP contribution in [0.5, 0.6) is 0 Å². The van der Waals surface area contributed by atoms with E-state index in [1.54, 1.807) is 11.3 Å². The molecule has 0 radical (unpaired) electrons. The van der Waals surface area contributed by atoms with Crippen molar-refractivity contribution in [2.24, 2.45) is 5.73 Å². The monoisotopic (exact) mass is 288 g/mol. The van der Waals surface area contributed by atoms with Crippen molar-refractivity contribution in [3.05, 3.63) is 55.6 Å². The molecule has 106 valence electrons. The number of hydrogen-bond acceptors (Lipinski definition) is 3. The molecule has 3 rings (SSSR count). The van der Waals surface area contributed by atoms with E-state index < -0.39 is 0 Å². The zero-order chi connectivity index (χ0) is 14.1. The van der Waals surface area contributed by atoms with E-state index in [-0.39, 0.29) is 11.6 Å². The summed E-state index contributed by atoms with van der Waals surface area (Å²) in [6.07, 6.45) is 4.48. The number of fused-ring (bicyclic) bond motifs is 1. The first-order chi connectivity index (χ1) is 9.72. The summed E-state index contributed by atoms with van der Waals surface area (Å²) in [6, 6.07) is 5.75. The molecule has 1 aliphatic rings. The molecule has 4 heteroatoms. The molecule has 0 fully saturated rings. The van der Waals surface area contributed by atoms with E-state index in [2.05, 4.69) is 6.07 Å². The molecule has 2 heterocycles. The normalized spacial score (nSPS) is 15.9. The van der Waals surface area contributed by atoms with Gasteiger partial charge in [-0.1, -0.05) is 6.07 Å². The summed E-state index contributed by atoms with van der Waals surface area (Å²) in [6.45, 7) is 2.77. The number of nitrogens with two attached hydrogens (primary N) is 1. The molecular weight excluding hydrogens is 268 g/mol. The lowest BCUT2D eigenvalue weighted by Crippen LogP contribution is -2.32. The molecule has 0 aromatic carbocycles. The standard InChI is InChI=1S/C16H20N2OS/c1-2-18-13-7-4-3-6-11(13)10-12(16(18)19)15(17)14-8-5-9-20-14/h5,8-10,15H,2-4,6-7,17H2,1H3. The SMILES string of the molecule is CCn1c2c(cc(C(N)c3cccs3)c1=O)CCCC2. The third kappa shape index (κ3) is 2.23. The van der Waals surface area contributed by atoms with Crippen LogP contribution < -0.4 is 11.3 Å². The van der Waals surface area contributed by atoms with Crippen LogP contribution in [0.25, 0.3) is 0 Å². The van der Waals surface area contributed by atoms with Gasteiger partial charge in [0.25, 0.3) is 5.56 Å². The third-order valence-electron chi connectivity index (χ3n) is 4.13. The first-order valence-electron chi connectivity index (χ1n) is 7.26. The average molecular weight is 288 g/mol. The van der Waals surface area contributed by atoms with E-state index in [9.17, 15) is 4.79 Å². The average Bonchev–Trinajstić information content (AvgIpc) is 3.00. The van der Waals surface area contributed by atoms with Gasteiger partial charge in [0, 0.05) is 22.7 Å². The van der Waals surface area contributed by atoms with E-state index in [4.69, 9.17) is 5.73 Å². The lowest BCUT2D eigenvalue weighted by Gasteiger charge is -2.23. The Morgan fingerprint density at radius 1 is 1.40 bits per heavy atom. The number of aromatic nitrogens is 1. The Morgan fingerprint density at radius 2 is 2.20 bits per heavy atom. The minimum Gasteiger partial charge on any atom is -0.319 e. The molecule has 0 bridgehead atoms. The van der Waals surface area contributed by atoms with Crippen LogP contribution in [-0.4, -0.2) is 4.57 Å². The minimum atomic E-state index is -0.299. The third-order valence-corrected chi connectivity index (χ3v) is 5.08. The highest BCUT2D eigenvalue weighted by Gasteiger charge is 2.21. The number of hydrogen-bond donors (Lipinski definition) is 1. The van der Waals surface area contributed by atoms with Crippen molar-refractivity contribution < 1.29 is 0 Å². The lowest BCUT2D eigenvalue weighted by atomic mass is 9.93.